The largest absolute Gasteiger partial charge is 0.382 e. The molecule has 2 heteroatoms. The van der Waals surface area contributed by atoms with Gasteiger partial charge in [-0.15, -0.1) is 0 Å². The van der Waals surface area contributed by atoms with Crippen molar-refractivity contribution in [2.45, 2.75) is 64.5 Å². The average molecular weight is 261 g/mol. The molecular weight excluding hydrogens is 234 g/mol. The first-order valence-corrected chi connectivity index (χ1v) is 7.71. The Morgan fingerprint density at radius 1 is 1.26 bits per heavy atom. The van der Waals surface area contributed by atoms with Gasteiger partial charge in [0.2, 0.25) is 0 Å². The van der Waals surface area contributed by atoms with Crippen molar-refractivity contribution in [1.29, 1.82) is 0 Å². The Bertz CT molecular complexity index is 373. The van der Waals surface area contributed by atoms with E-state index in [1.54, 1.807) is 0 Å². The van der Waals surface area contributed by atoms with E-state index in [4.69, 9.17) is 4.74 Å². The Morgan fingerprint density at radius 2 is 2.00 bits per heavy atom. The lowest BCUT2D eigenvalue weighted by atomic mass is 9.98. The third kappa shape index (κ3) is 3.97. The van der Waals surface area contributed by atoms with Gasteiger partial charge in [0, 0.05) is 18.3 Å². The highest BCUT2D eigenvalue weighted by molar-refractivity contribution is 5.46. The van der Waals surface area contributed by atoms with Gasteiger partial charge in [-0.2, -0.15) is 0 Å². The van der Waals surface area contributed by atoms with E-state index in [1.807, 2.05) is 0 Å². The molecule has 0 bridgehead atoms. The monoisotopic (exact) mass is 261 g/mol. The summed E-state index contributed by atoms with van der Waals surface area (Å²) in [6.07, 6.45) is 4.99. The molecular formula is C17H27NO. The number of benzene rings is 1. The zero-order valence-electron chi connectivity index (χ0n) is 12.5. The van der Waals surface area contributed by atoms with Crippen LogP contribution in [0.1, 0.15) is 57.9 Å². The lowest BCUT2D eigenvalue weighted by molar-refractivity contribution is 0.00926. The second kappa shape index (κ2) is 6.95. The maximum Gasteiger partial charge on any atom is 0.0592 e. The Labute approximate surface area is 117 Å². The first-order chi connectivity index (χ1) is 9.22. The van der Waals surface area contributed by atoms with E-state index in [2.05, 4.69) is 50.4 Å². The second-order valence-electron chi connectivity index (χ2n) is 5.70. The van der Waals surface area contributed by atoms with Gasteiger partial charge >= 0.3 is 0 Å². The molecule has 2 rings (SSSR count). The van der Waals surface area contributed by atoms with Crippen molar-refractivity contribution in [2.24, 2.45) is 0 Å². The van der Waals surface area contributed by atoms with E-state index in [1.165, 1.54) is 17.7 Å². The zero-order valence-corrected chi connectivity index (χ0v) is 12.5. The van der Waals surface area contributed by atoms with Crippen LogP contribution in [0.15, 0.2) is 24.3 Å². The molecule has 0 aromatic heterocycles. The van der Waals surface area contributed by atoms with E-state index >= 15 is 0 Å². The summed E-state index contributed by atoms with van der Waals surface area (Å²) >= 11 is 0. The molecule has 1 heterocycles. The molecule has 0 spiro atoms. The van der Waals surface area contributed by atoms with Gasteiger partial charge in [0.25, 0.3) is 0 Å². The minimum absolute atomic E-state index is 0.436. The molecule has 0 radical (unpaired) electrons. The van der Waals surface area contributed by atoms with Gasteiger partial charge in [-0.1, -0.05) is 32.9 Å². The van der Waals surface area contributed by atoms with Crippen LogP contribution in [0.25, 0.3) is 0 Å². The molecule has 106 valence electrons. The molecule has 1 N–H and O–H groups in total. The van der Waals surface area contributed by atoms with Crippen LogP contribution in [0, 0.1) is 0 Å². The highest BCUT2D eigenvalue weighted by Gasteiger charge is 2.20. The molecule has 1 aliphatic heterocycles. The molecule has 1 aliphatic rings. The van der Waals surface area contributed by atoms with E-state index in [0.717, 1.165) is 25.9 Å². The fraction of sp³-hybridized carbons (Fsp3) is 0.647. The molecule has 2 nitrogen and oxygen atoms in total. The molecule has 19 heavy (non-hydrogen) atoms. The van der Waals surface area contributed by atoms with Crippen LogP contribution in [0.2, 0.25) is 0 Å². The maximum atomic E-state index is 5.72. The van der Waals surface area contributed by atoms with Gasteiger partial charge in [0.1, 0.15) is 0 Å². The van der Waals surface area contributed by atoms with Gasteiger partial charge in [-0.3, -0.25) is 0 Å². The van der Waals surface area contributed by atoms with Crippen molar-refractivity contribution in [1.82, 2.24) is 0 Å². The topological polar surface area (TPSA) is 21.3 Å². The Balaban J connectivity index is 1.92. The summed E-state index contributed by atoms with van der Waals surface area (Å²) in [5.74, 6) is 0.654. The Hall–Kier alpha value is -1.02. The third-order valence-electron chi connectivity index (χ3n) is 4.29. The van der Waals surface area contributed by atoms with Gasteiger partial charge in [-0.25, -0.2) is 0 Å². The molecule has 0 aliphatic carbocycles. The standard InChI is InChI=1S/C17H27NO/c1-4-13(3)14-6-8-15(9-7-14)18-16-10-11-19-17(5-2)12-16/h6-9,13,16-18H,4-5,10-12H2,1-3H3. The summed E-state index contributed by atoms with van der Waals surface area (Å²) in [4.78, 5) is 0. The first-order valence-electron chi connectivity index (χ1n) is 7.71. The normalized spacial score (nSPS) is 25.0. The van der Waals surface area contributed by atoms with E-state index in [9.17, 15) is 0 Å². The number of anilines is 1. The SMILES string of the molecule is CCC1CC(Nc2ccc(C(C)CC)cc2)CCO1. The molecule has 0 amide bonds. The van der Waals surface area contributed by atoms with Gasteiger partial charge in [0.05, 0.1) is 6.10 Å². The summed E-state index contributed by atoms with van der Waals surface area (Å²) in [6, 6.07) is 9.52. The summed E-state index contributed by atoms with van der Waals surface area (Å²) in [6.45, 7) is 7.62. The van der Waals surface area contributed by atoms with Crippen molar-refractivity contribution in [3.8, 4) is 0 Å². The van der Waals surface area contributed by atoms with Crippen molar-refractivity contribution in [3.63, 3.8) is 0 Å². The molecule has 3 atom stereocenters. The zero-order chi connectivity index (χ0) is 13.7. The number of hydrogen-bond acceptors (Lipinski definition) is 2. The van der Waals surface area contributed by atoms with Crippen molar-refractivity contribution < 1.29 is 4.74 Å². The molecule has 1 aromatic carbocycles. The highest BCUT2D eigenvalue weighted by atomic mass is 16.5. The highest BCUT2D eigenvalue weighted by Crippen LogP contribution is 2.23. The Morgan fingerprint density at radius 3 is 2.63 bits per heavy atom. The molecule has 0 saturated carbocycles. The summed E-state index contributed by atoms with van der Waals surface area (Å²) in [5, 5.41) is 3.65. The minimum Gasteiger partial charge on any atom is -0.382 e. The van der Waals surface area contributed by atoms with Crippen LogP contribution < -0.4 is 5.32 Å². The van der Waals surface area contributed by atoms with E-state index in [-0.39, 0.29) is 0 Å². The maximum absolute atomic E-state index is 5.72. The summed E-state index contributed by atoms with van der Waals surface area (Å²) in [7, 11) is 0. The van der Waals surface area contributed by atoms with E-state index in [0.29, 0.717) is 18.1 Å². The quantitative estimate of drug-likeness (QED) is 0.838. The first kappa shape index (κ1) is 14.4. The van der Waals surface area contributed by atoms with Crippen molar-refractivity contribution >= 4 is 5.69 Å². The Kier molecular flexibility index (Phi) is 5.26. The predicted octanol–water partition coefficient (Wildman–Crippen LogP) is 4.57. The minimum atomic E-state index is 0.436. The van der Waals surface area contributed by atoms with E-state index < -0.39 is 0 Å². The number of ether oxygens (including phenoxy) is 1. The van der Waals surface area contributed by atoms with Gasteiger partial charge < -0.3 is 10.1 Å². The van der Waals surface area contributed by atoms with Gasteiger partial charge in [0.15, 0.2) is 0 Å². The van der Waals surface area contributed by atoms with Crippen LogP contribution in [-0.2, 0) is 4.74 Å². The molecule has 3 unspecified atom stereocenters. The molecule has 1 fully saturated rings. The van der Waals surface area contributed by atoms with Crippen LogP contribution in [0.4, 0.5) is 5.69 Å². The molecule has 1 saturated heterocycles. The third-order valence-corrected chi connectivity index (χ3v) is 4.29. The predicted molar refractivity (Wildman–Crippen MR) is 81.8 cm³/mol. The number of rotatable bonds is 5. The summed E-state index contributed by atoms with van der Waals surface area (Å²) in [5.41, 5.74) is 2.68. The summed E-state index contributed by atoms with van der Waals surface area (Å²) < 4.78 is 5.72. The van der Waals surface area contributed by atoms with Crippen LogP contribution in [0.3, 0.4) is 0 Å². The number of hydrogen-bond donors (Lipinski definition) is 1. The second-order valence-corrected chi connectivity index (χ2v) is 5.70. The smallest absolute Gasteiger partial charge is 0.0592 e. The van der Waals surface area contributed by atoms with Crippen molar-refractivity contribution in [2.75, 3.05) is 11.9 Å². The fourth-order valence-electron chi connectivity index (χ4n) is 2.68. The fourth-order valence-corrected chi connectivity index (χ4v) is 2.68. The van der Waals surface area contributed by atoms with Crippen LogP contribution in [0.5, 0.6) is 0 Å². The lowest BCUT2D eigenvalue weighted by Crippen LogP contribution is -2.33. The number of nitrogens with one attached hydrogen (secondary N) is 1. The van der Waals surface area contributed by atoms with Crippen molar-refractivity contribution in [3.05, 3.63) is 29.8 Å². The van der Waals surface area contributed by atoms with Gasteiger partial charge in [-0.05, 0) is 49.3 Å². The van der Waals surface area contributed by atoms with Crippen LogP contribution in [-0.4, -0.2) is 18.8 Å². The average Bonchev–Trinajstić information content (AvgIpc) is 2.47. The molecule has 1 aromatic rings. The van der Waals surface area contributed by atoms with Crippen LogP contribution >= 0.6 is 0 Å². The lowest BCUT2D eigenvalue weighted by Gasteiger charge is -2.30.